The Balaban J connectivity index is 1.82. The van der Waals surface area contributed by atoms with Gasteiger partial charge in [-0.15, -0.1) is 0 Å². The summed E-state index contributed by atoms with van der Waals surface area (Å²) in [4.78, 5) is 40.0. The molecule has 2 aromatic rings. The molecule has 1 atom stereocenters. The number of sulfonamides is 1. The van der Waals surface area contributed by atoms with Gasteiger partial charge in [0.1, 0.15) is 10.9 Å². The topological polar surface area (TPSA) is 104 Å². The Morgan fingerprint density at radius 1 is 1.06 bits per heavy atom. The number of hydrogen-bond donors (Lipinski definition) is 1. The highest BCUT2D eigenvalue weighted by atomic mass is 32.2. The van der Waals surface area contributed by atoms with Crippen molar-refractivity contribution in [3.05, 3.63) is 65.2 Å². The van der Waals surface area contributed by atoms with E-state index in [0.717, 1.165) is 15.4 Å². The van der Waals surface area contributed by atoms with Crippen molar-refractivity contribution in [2.24, 2.45) is 0 Å². The summed E-state index contributed by atoms with van der Waals surface area (Å²) in [7, 11) is -4.00. The van der Waals surface area contributed by atoms with Crippen LogP contribution in [-0.4, -0.2) is 54.5 Å². The zero-order valence-corrected chi connectivity index (χ0v) is 19.9. The first-order chi connectivity index (χ1) is 15.7. The molecule has 1 unspecified atom stereocenters. The molecule has 0 aliphatic carbocycles. The highest BCUT2D eigenvalue weighted by Crippen LogP contribution is 2.30. The molecule has 8 nitrogen and oxygen atoms in total. The number of rotatable bonds is 9. The number of aryl methyl sites for hydroxylation is 1. The van der Waals surface area contributed by atoms with Gasteiger partial charge in [-0.2, -0.15) is 0 Å². The van der Waals surface area contributed by atoms with Crippen LogP contribution in [0.15, 0.2) is 53.4 Å². The Hall–Kier alpha value is -3.20. The van der Waals surface area contributed by atoms with Crippen LogP contribution in [0.25, 0.3) is 0 Å². The summed E-state index contributed by atoms with van der Waals surface area (Å²) in [5.74, 6) is -1.30. The Bertz CT molecular complexity index is 1140. The molecule has 3 rings (SSSR count). The van der Waals surface area contributed by atoms with E-state index in [-0.39, 0.29) is 35.9 Å². The first-order valence-electron chi connectivity index (χ1n) is 11.0. The van der Waals surface area contributed by atoms with Crippen LogP contribution in [0.5, 0.6) is 0 Å². The minimum Gasteiger partial charge on any atom is -0.355 e. The third-order valence-electron chi connectivity index (χ3n) is 5.65. The van der Waals surface area contributed by atoms with E-state index >= 15 is 0 Å². The Labute approximate surface area is 194 Å². The molecule has 0 spiro atoms. The zero-order chi connectivity index (χ0) is 24.2. The Kier molecular flexibility index (Phi) is 7.53. The van der Waals surface area contributed by atoms with Crippen molar-refractivity contribution >= 4 is 27.7 Å². The highest BCUT2D eigenvalue weighted by Gasteiger charge is 2.41. The van der Waals surface area contributed by atoms with Crippen LogP contribution in [0, 0.1) is 6.92 Å². The van der Waals surface area contributed by atoms with Crippen molar-refractivity contribution in [2.75, 3.05) is 13.1 Å². The number of carbonyl (C=O) groups is 3. The van der Waals surface area contributed by atoms with Crippen molar-refractivity contribution in [1.29, 1.82) is 0 Å². The maximum absolute atomic E-state index is 13.3. The van der Waals surface area contributed by atoms with E-state index in [9.17, 15) is 22.8 Å². The van der Waals surface area contributed by atoms with Gasteiger partial charge in [-0.1, -0.05) is 48.9 Å². The summed E-state index contributed by atoms with van der Waals surface area (Å²) < 4.78 is 26.3. The summed E-state index contributed by atoms with van der Waals surface area (Å²) >= 11 is 0. The number of nitrogens with one attached hydrogen (secondary N) is 1. The van der Waals surface area contributed by atoms with E-state index in [2.05, 4.69) is 5.32 Å². The molecule has 33 heavy (non-hydrogen) atoms. The fraction of sp³-hybridized carbons (Fsp3) is 0.375. The number of benzene rings is 2. The lowest BCUT2D eigenvalue weighted by atomic mass is 10.1. The first kappa shape index (κ1) is 24.4. The lowest BCUT2D eigenvalue weighted by Gasteiger charge is -2.31. The normalized spacial score (nSPS) is 15.1. The molecule has 176 valence electrons. The fourth-order valence-corrected chi connectivity index (χ4v) is 5.46. The standard InChI is InChI=1S/C24H29N3O5S/c1-4-20(23(29)25-5-2)26(16-18-12-10-17(3)11-13-18)22(28)14-15-27-24(30)19-8-6-7-9-21(19)33(27,31)32/h6-13,20H,4-5,14-16H2,1-3H3,(H,25,29). The van der Waals surface area contributed by atoms with Gasteiger partial charge in [0.2, 0.25) is 11.8 Å². The molecule has 0 saturated carbocycles. The van der Waals surface area contributed by atoms with E-state index in [1.807, 2.05) is 38.1 Å². The number of hydrogen-bond acceptors (Lipinski definition) is 5. The molecule has 0 aromatic heterocycles. The van der Waals surface area contributed by atoms with E-state index in [0.29, 0.717) is 13.0 Å². The van der Waals surface area contributed by atoms with Crippen molar-refractivity contribution in [3.8, 4) is 0 Å². The smallest absolute Gasteiger partial charge is 0.269 e. The average molecular weight is 472 g/mol. The summed E-state index contributed by atoms with van der Waals surface area (Å²) in [5, 5.41) is 2.76. The van der Waals surface area contributed by atoms with Gasteiger partial charge >= 0.3 is 0 Å². The van der Waals surface area contributed by atoms with Gasteiger partial charge in [0.25, 0.3) is 15.9 Å². The van der Waals surface area contributed by atoms with E-state index < -0.39 is 27.9 Å². The van der Waals surface area contributed by atoms with E-state index in [1.54, 1.807) is 19.1 Å². The number of nitrogens with zero attached hydrogens (tertiary/aromatic N) is 2. The highest BCUT2D eigenvalue weighted by molar-refractivity contribution is 7.90. The number of carbonyl (C=O) groups excluding carboxylic acids is 3. The Morgan fingerprint density at radius 3 is 2.33 bits per heavy atom. The monoisotopic (exact) mass is 471 g/mol. The second-order valence-electron chi connectivity index (χ2n) is 7.95. The van der Waals surface area contributed by atoms with Gasteiger partial charge in [-0.3, -0.25) is 14.4 Å². The maximum Gasteiger partial charge on any atom is 0.269 e. The summed E-state index contributed by atoms with van der Waals surface area (Å²) in [5.41, 5.74) is 2.04. The number of fused-ring (bicyclic) bond motifs is 1. The number of amides is 3. The van der Waals surface area contributed by atoms with Gasteiger partial charge in [0.05, 0.1) is 5.56 Å². The van der Waals surface area contributed by atoms with Crippen LogP contribution >= 0.6 is 0 Å². The second kappa shape index (κ2) is 10.2. The van der Waals surface area contributed by atoms with Crippen LogP contribution < -0.4 is 5.32 Å². The van der Waals surface area contributed by atoms with Crippen LogP contribution in [0.4, 0.5) is 0 Å². The van der Waals surface area contributed by atoms with Crippen molar-refractivity contribution in [2.45, 2.75) is 51.1 Å². The molecule has 1 heterocycles. The molecule has 1 aliphatic rings. The number of likely N-dealkylation sites (N-methyl/N-ethyl adjacent to an activating group) is 1. The summed E-state index contributed by atoms with van der Waals surface area (Å²) in [6.45, 7) is 5.93. The molecular formula is C24H29N3O5S. The third kappa shape index (κ3) is 5.08. The molecule has 9 heteroatoms. The van der Waals surface area contributed by atoms with Crippen LogP contribution in [0.3, 0.4) is 0 Å². The quantitative estimate of drug-likeness (QED) is 0.605. The van der Waals surface area contributed by atoms with E-state index in [4.69, 9.17) is 0 Å². The fourth-order valence-electron chi connectivity index (χ4n) is 3.89. The molecule has 0 fully saturated rings. The molecule has 3 amide bonds. The third-order valence-corrected chi connectivity index (χ3v) is 7.49. The SMILES string of the molecule is CCNC(=O)C(CC)N(Cc1ccc(C)cc1)C(=O)CCN1C(=O)c2ccccc2S1(=O)=O. The Morgan fingerprint density at radius 2 is 1.73 bits per heavy atom. The van der Waals surface area contributed by atoms with Crippen LogP contribution in [-0.2, 0) is 26.2 Å². The zero-order valence-electron chi connectivity index (χ0n) is 19.1. The van der Waals surface area contributed by atoms with Crippen molar-refractivity contribution in [3.63, 3.8) is 0 Å². The minimum absolute atomic E-state index is 0.0484. The predicted molar refractivity (Wildman–Crippen MR) is 124 cm³/mol. The van der Waals surface area contributed by atoms with Gasteiger partial charge in [-0.05, 0) is 38.0 Å². The lowest BCUT2D eigenvalue weighted by Crippen LogP contribution is -2.49. The van der Waals surface area contributed by atoms with Gasteiger partial charge < -0.3 is 10.2 Å². The van der Waals surface area contributed by atoms with Crippen molar-refractivity contribution < 1.29 is 22.8 Å². The predicted octanol–water partition coefficient (Wildman–Crippen LogP) is 2.47. The second-order valence-corrected chi connectivity index (χ2v) is 9.79. The molecule has 0 radical (unpaired) electrons. The minimum atomic E-state index is -4.00. The summed E-state index contributed by atoms with van der Waals surface area (Å²) in [6, 6.07) is 12.9. The molecule has 2 aromatic carbocycles. The molecule has 1 N–H and O–H groups in total. The molecular weight excluding hydrogens is 442 g/mol. The lowest BCUT2D eigenvalue weighted by molar-refractivity contribution is -0.141. The molecule has 0 saturated heterocycles. The molecule has 0 bridgehead atoms. The van der Waals surface area contributed by atoms with Crippen LogP contribution in [0.2, 0.25) is 0 Å². The van der Waals surface area contributed by atoms with Crippen LogP contribution in [0.1, 0.15) is 48.2 Å². The van der Waals surface area contributed by atoms with Gasteiger partial charge in [0, 0.05) is 26.1 Å². The van der Waals surface area contributed by atoms with E-state index in [1.165, 1.54) is 17.0 Å². The van der Waals surface area contributed by atoms with Gasteiger partial charge in [-0.25, -0.2) is 12.7 Å². The average Bonchev–Trinajstić information content (AvgIpc) is 2.99. The first-order valence-corrected chi connectivity index (χ1v) is 12.4. The molecule has 1 aliphatic heterocycles. The van der Waals surface area contributed by atoms with Gasteiger partial charge in [0.15, 0.2) is 0 Å². The summed E-state index contributed by atoms with van der Waals surface area (Å²) in [6.07, 6.45) is 0.177. The largest absolute Gasteiger partial charge is 0.355 e. The maximum atomic E-state index is 13.3. The van der Waals surface area contributed by atoms with Crippen molar-refractivity contribution in [1.82, 2.24) is 14.5 Å².